The number of aromatic nitrogens is 2. The first-order chi connectivity index (χ1) is 13.6. The quantitative estimate of drug-likeness (QED) is 0.478. The molecule has 2 aliphatic rings. The third-order valence-electron chi connectivity index (χ3n) is 5.93. The van der Waals surface area contributed by atoms with Crippen molar-refractivity contribution in [3.8, 4) is 11.3 Å². The number of fused-ring (bicyclic) bond motifs is 4. The Kier molecular flexibility index (Phi) is 5.15. The molecule has 0 saturated heterocycles. The van der Waals surface area contributed by atoms with Crippen LogP contribution in [0.1, 0.15) is 43.2 Å². The highest BCUT2D eigenvalue weighted by Gasteiger charge is 2.43. The van der Waals surface area contributed by atoms with Crippen LogP contribution in [0.3, 0.4) is 0 Å². The second kappa shape index (κ2) is 7.59. The molecule has 1 aromatic heterocycles. The summed E-state index contributed by atoms with van der Waals surface area (Å²) in [6, 6.07) is 8.26. The average molecular weight is 396 g/mol. The number of carbonyl (C=O) groups excluding carboxylic acids is 1. The van der Waals surface area contributed by atoms with E-state index < -0.39 is 5.91 Å². The molecular weight excluding hydrogens is 370 g/mol. The minimum Gasteiger partial charge on any atom is -0.369 e. The first-order valence-corrected chi connectivity index (χ1v) is 10.8. The lowest BCUT2D eigenvalue weighted by atomic mass is 9.62. The Morgan fingerprint density at radius 1 is 1.29 bits per heavy atom. The Bertz CT molecular complexity index is 990. The summed E-state index contributed by atoms with van der Waals surface area (Å²) >= 11 is 1.22. The molecule has 0 radical (unpaired) electrons. The van der Waals surface area contributed by atoms with E-state index >= 15 is 0 Å². The number of allylic oxidation sites excluding steroid dienone is 1. The molecular formula is C22H25N3O2S. The number of carbonyl (C=O) groups is 1. The predicted octanol–water partition coefficient (Wildman–Crippen LogP) is 3.43. The molecule has 0 atom stereocenters. The number of rotatable bonds is 5. The molecule has 2 N–H and O–H groups in total. The van der Waals surface area contributed by atoms with Crippen LogP contribution < -0.4 is 11.3 Å². The van der Waals surface area contributed by atoms with E-state index in [2.05, 4.69) is 24.8 Å². The first kappa shape index (κ1) is 19.0. The van der Waals surface area contributed by atoms with Crippen molar-refractivity contribution in [1.29, 1.82) is 0 Å². The number of hydrogen-bond donors (Lipinski definition) is 1. The number of nitrogens with two attached hydrogens (primary N) is 1. The van der Waals surface area contributed by atoms with Gasteiger partial charge >= 0.3 is 0 Å². The Hall–Kier alpha value is -2.34. The van der Waals surface area contributed by atoms with Crippen molar-refractivity contribution in [2.24, 2.45) is 5.73 Å². The molecule has 6 heteroatoms. The zero-order valence-corrected chi connectivity index (χ0v) is 16.8. The van der Waals surface area contributed by atoms with Crippen LogP contribution in [0.5, 0.6) is 0 Å². The van der Waals surface area contributed by atoms with Crippen molar-refractivity contribution in [3.05, 3.63) is 58.4 Å². The molecule has 4 rings (SSSR count). The first-order valence-electron chi connectivity index (χ1n) is 9.81. The van der Waals surface area contributed by atoms with Gasteiger partial charge in [-0.1, -0.05) is 61.4 Å². The molecule has 2 aromatic rings. The van der Waals surface area contributed by atoms with Gasteiger partial charge in [0.25, 0.3) is 5.56 Å². The van der Waals surface area contributed by atoms with Gasteiger partial charge in [0.05, 0.1) is 17.0 Å². The van der Waals surface area contributed by atoms with Crippen molar-refractivity contribution in [2.75, 3.05) is 5.75 Å². The highest BCUT2D eigenvalue weighted by molar-refractivity contribution is 7.99. The van der Waals surface area contributed by atoms with Crippen LogP contribution in [0.25, 0.3) is 11.3 Å². The molecule has 1 amide bonds. The predicted molar refractivity (Wildman–Crippen MR) is 113 cm³/mol. The van der Waals surface area contributed by atoms with Crippen LogP contribution in [0, 0.1) is 0 Å². The lowest BCUT2D eigenvalue weighted by molar-refractivity contribution is -0.115. The number of primary amides is 1. The van der Waals surface area contributed by atoms with Gasteiger partial charge in [0, 0.05) is 17.5 Å². The molecule has 0 unspecified atom stereocenters. The highest BCUT2D eigenvalue weighted by Crippen LogP contribution is 2.48. The van der Waals surface area contributed by atoms with Gasteiger partial charge in [-0.2, -0.15) is 0 Å². The normalized spacial score (nSPS) is 17.0. The van der Waals surface area contributed by atoms with Gasteiger partial charge in [-0.3, -0.25) is 14.2 Å². The maximum atomic E-state index is 13.7. The van der Waals surface area contributed by atoms with E-state index in [1.807, 2.05) is 6.07 Å². The van der Waals surface area contributed by atoms with Crippen molar-refractivity contribution in [3.63, 3.8) is 0 Å². The van der Waals surface area contributed by atoms with E-state index in [1.165, 1.54) is 23.7 Å². The minimum absolute atomic E-state index is 0.00766. The second-order valence-corrected chi connectivity index (χ2v) is 8.69. The SMILES string of the molecule is C=CCn1c(SCC(N)=O)nc2c(c1=O)C1(CCCCC1)Cc1ccccc1-2. The molecule has 1 fully saturated rings. The molecule has 1 aromatic carbocycles. The van der Waals surface area contributed by atoms with E-state index in [-0.39, 0.29) is 16.7 Å². The Morgan fingerprint density at radius 3 is 2.75 bits per heavy atom. The fourth-order valence-corrected chi connectivity index (χ4v) is 5.50. The summed E-state index contributed by atoms with van der Waals surface area (Å²) in [5.74, 6) is -0.332. The molecule has 28 heavy (non-hydrogen) atoms. The fourth-order valence-electron chi connectivity index (χ4n) is 4.76. The third-order valence-corrected chi connectivity index (χ3v) is 6.93. The van der Waals surface area contributed by atoms with Gasteiger partial charge in [-0.15, -0.1) is 6.58 Å². The number of benzene rings is 1. The molecule has 0 aliphatic heterocycles. The standard InChI is InChI=1S/C22H25N3O2S/c1-2-12-25-20(27)18-19(24-21(25)28-14-17(23)26)16-9-5-4-8-15(16)13-22(18)10-6-3-7-11-22/h2,4-5,8-9H,1,3,6-7,10-14H2,(H2,23,26). The van der Waals surface area contributed by atoms with Crippen LogP contribution in [-0.4, -0.2) is 21.2 Å². The van der Waals surface area contributed by atoms with Crippen LogP contribution in [-0.2, 0) is 23.2 Å². The van der Waals surface area contributed by atoms with Crippen LogP contribution in [0.4, 0.5) is 0 Å². The Balaban J connectivity index is 1.97. The molecule has 0 bridgehead atoms. The van der Waals surface area contributed by atoms with Gasteiger partial charge in [0.1, 0.15) is 0 Å². The number of nitrogens with zero attached hydrogens (tertiary/aromatic N) is 2. The lowest BCUT2D eigenvalue weighted by Crippen LogP contribution is -2.43. The number of amides is 1. The summed E-state index contributed by atoms with van der Waals surface area (Å²) in [5.41, 5.74) is 9.15. The van der Waals surface area contributed by atoms with E-state index in [0.717, 1.165) is 48.9 Å². The highest BCUT2D eigenvalue weighted by atomic mass is 32.2. The maximum absolute atomic E-state index is 13.7. The van der Waals surface area contributed by atoms with Crippen LogP contribution in [0.15, 0.2) is 46.9 Å². The monoisotopic (exact) mass is 395 g/mol. The van der Waals surface area contributed by atoms with Crippen LogP contribution >= 0.6 is 11.8 Å². The van der Waals surface area contributed by atoms with Gasteiger partial charge in [-0.05, 0) is 24.8 Å². The molecule has 146 valence electrons. The summed E-state index contributed by atoms with van der Waals surface area (Å²) in [5, 5.41) is 0.533. The van der Waals surface area contributed by atoms with Crippen molar-refractivity contribution >= 4 is 17.7 Å². The average Bonchev–Trinajstić information content (AvgIpc) is 2.69. The zero-order valence-electron chi connectivity index (χ0n) is 15.9. The number of hydrogen-bond acceptors (Lipinski definition) is 4. The summed E-state index contributed by atoms with van der Waals surface area (Å²) in [6.45, 7) is 4.17. The van der Waals surface area contributed by atoms with Gasteiger partial charge < -0.3 is 5.73 Å². The molecule has 1 heterocycles. The molecule has 1 saturated carbocycles. The van der Waals surface area contributed by atoms with Gasteiger partial charge in [-0.25, -0.2) is 4.98 Å². The Labute approximate surface area is 169 Å². The smallest absolute Gasteiger partial charge is 0.258 e. The van der Waals surface area contributed by atoms with Crippen molar-refractivity contribution in [2.45, 2.75) is 55.6 Å². The zero-order chi connectivity index (χ0) is 19.7. The van der Waals surface area contributed by atoms with E-state index in [9.17, 15) is 9.59 Å². The van der Waals surface area contributed by atoms with E-state index in [4.69, 9.17) is 10.7 Å². The summed E-state index contributed by atoms with van der Waals surface area (Å²) in [7, 11) is 0. The molecule has 5 nitrogen and oxygen atoms in total. The lowest BCUT2D eigenvalue weighted by Gasteiger charge is -2.42. The van der Waals surface area contributed by atoms with Gasteiger partial charge in [0.2, 0.25) is 5.91 Å². The van der Waals surface area contributed by atoms with Crippen molar-refractivity contribution in [1.82, 2.24) is 9.55 Å². The van der Waals surface area contributed by atoms with Gasteiger partial charge in [0.15, 0.2) is 5.16 Å². The second-order valence-electron chi connectivity index (χ2n) is 7.75. The maximum Gasteiger partial charge on any atom is 0.258 e. The third kappa shape index (κ3) is 3.20. The minimum atomic E-state index is -0.425. The summed E-state index contributed by atoms with van der Waals surface area (Å²) < 4.78 is 1.66. The number of thioether (sulfide) groups is 1. The van der Waals surface area contributed by atoms with E-state index in [1.54, 1.807) is 10.6 Å². The molecule has 2 aliphatic carbocycles. The van der Waals surface area contributed by atoms with Crippen molar-refractivity contribution < 1.29 is 4.79 Å². The molecule has 1 spiro atoms. The fraction of sp³-hybridized carbons (Fsp3) is 0.409. The largest absolute Gasteiger partial charge is 0.369 e. The van der Waals surface area contributed by atoms with E-state index in [0.29, 0.717) is 11.7 Å². The topological polar surface area (TPSA) is 78.0 Å². The summed E-state index contributed by atoms with van der Waals surface area (Å²) in [4.78, 5) is 29.9. The Morgan fingerprint density at radius 2 is 2.04 bits per heavy atom. The van der Waals surface area contributed by atoms with Crippen LogP contribution in [0.2, 0.25) is 0 Å². The summed E-state index contributed by atoms with van der Waals surface area (Å²) in [6.07, 6.45) is 8.14.